The topological polar surface area (TPSA) is 95.1 Å². The summed E-state index contributed by atoms with van der Waals surface area (Å²) in [6.45, 7) is 0. The summed E-state index contributed by atoms with van der Waals surface area (Å²) in [6, 6.07) is 0.137. The zero-order valence-corrected chi connectivity index (χ0v) is 10.1. The van der Waals surface area contributed by atoms with Gasteiger partial charge < -0.3 is 15.4 Å². The number of carbonyl (C=O) groups excluding carboxylic acids is 1. The number of rotatable bonds is 3. The third-order valence-corrected chi connectivity index (χ3v) is 3.26. The molecular weight excluding hydrogens is 234 g/mol. The smallest absolute Gasteiger partial charge is 0.354 e. The highest BCUT2D eigenvalue weighted by molar-refractivity contribution is 6.02. The predicted molar refractivity (Wildman–Crippen MR) is 64.5 cm³/mol. The van der Waals surface area contributed by atoms with Crippen molar-refractivity contribution in [3.05, 3.63) is 17.7 Å². The van der Waals surface area contributed by atoms with E-state index in [1.807, 2.05) is 0 Å². The van der Waals surface area contributed by atoms with Gasteiger partial charge in [0, 0.05) is 6.04 Å². The molecule has 3 N–H and O–H groups in total. The summed E-state index contributed by atoms with van der Waals surface area (Å²) in [7, 11) is 0. The van der Waals surface area contributed by atoms with E-state index in [4.69, 9.17) is 5.11 Å². The second-order valence-electron chi connectivity index (χ2n) is 4.59. The zero-order valence-electron chi connectivity index (χ0n) is 10.1. The summed E-state index contributed by atoms with van der Waals surface area (Å²) in [6.07, 6.45) is 7.77. The number of carboxylic acids is 1. The van der Waals surface area contributed by atoms with Crippen molar-refractivity contribution < 1.29 is 14.7 Å². The number of nitrogens with one attached hydrogen (secondary N) is 2. The summed E-state index contributed by atoms with van der Waals surface area (Å²) >= 11 is 0. The van der Waals surface area contributed by atoms with Crippen LogP contribution in [0.1, 0.15) is 59.5 Å². The van der Waals surface area contributed by atoms with Crippen LogP contribution in [0.3, 0.4) is 0 Å². The number of hydrogen-bond acceptors (Lipinski definition) is 3. The molecule has 0 aliphatic heterocycles. The van der Waals surface area contributed by atoms with E-state index in [-0.39, 0.29) is 17.4 Å². The first-order chi connectivity index (χ1) is 8.68. The number of nitrogens with zero attached hydrogens (tertiary/aromatic N) is 1. The Kier molecular flexibility index (Phi) is 3.96. The van der Waals surface area contributed by atoms with Gasteiger partial charge in [-0.25, -0.2) is 9.78 Å². The maximum Gasteiger partial charge on any atom is 0.354 e. The average Bonchev–Trinajstić information content (AvgIpc) is 2.70. The van der Waals surface area contributed by atoms with Crippen LogP contribution < -0.4 is 5.32 Å². The zero-order chi connectivity index (χ0) is 13.0. The van der Waals surface area contributed by atoms with Crippen molar-refractivity contribution in [2.45, 2.75) is 44.6 Å². The Balaban J connectivity index is 2.02. The maximum atomic E-state index is 12.0. The van der Waals surface area contributed by atoms with Crippen LogP contribution in [-0.4, -0.2) is 33.0 Å². The number of hydrogen-bond donors (Lipinski definition) is 3. The molecule has 1 fully saturated rings. The van der Waals surface area contributed by atoms with E-state index in [9.17, 15) is 9.59 Å². The van der Waals surface area contributed by atoms with Gasteiger partial charge in [-0.2, -0.15) is 0 Å². The van der Waals surface area contributed by atoms with Gasteiger partial charge in [-0.3, -0.25) is 4.79 Å². The van der Waals surface area contributed by atoms with Crippen LogP contribution in [0.15, 0.2) is 6.33 Å². The van der Waals surface area contributed by atoms with Crippen molar-refractivity contribution in [1.29, 1.82) is 0 Å². The van der Waals surface area contributed by atoms with Crippen LogP contribution in [0.25, 0.3) is 0 Å². The number of amides is 1. The molecule has 1 aliphatic rings. The third-order valence-electron chi connectivity index (χ3n) is 3.26. The molecule has 1 heterocycles. The molecule has 0 bridgehead atoms. The number of carbonyl (C=O) groups is 2. The predicted octanol–water partition coefficient (Wildman–Crippen LogP) is 1.56. The Bertz CT molecular complexity index is 434. The van der Waals surface area contributed by atoms with E-state index in [2.05, 4.69) is 15.3 Å². The van der Waals surface area contributed by atoms with Gasteiger partial charge in [0.15, 0.2) is 11.4 Å². The minimum Gasteiger partial charge on any atom is -0.477 e. The van der Waals surface area contributed by atoms with Crippen molar-refractivity contribution >= 4 is 11.9 Å². The molecule has 0 saturated heterocycles. The van der Waals surface area contributed by atoms with Gasteiger partial charge in [0.1, 0.15) is 0 Å². The summed E-state index contributed by atoms with van der Waals surface area (Å²) in [5.74, 6) is -1.57. The molecule has 6 nitrogen and oxygen atoms in total. The number of H-pyrrole nitrogens is 1. The van der Waals surface area contributed by atoms with Gasteiger partial charge in [-0.15, -0.1) is 0 Å². The molecule has 1 aromatic rings. The second-order valence-corrected chi connectivity index (χ2v) is 4.59. The molecule has 1 saturated carbocycles. The Morgan fingerprint density at radius 3 is 2.56 bits per heavy atom. The van der Waals surface area contributed by atoms with Crippen LogP contribution in [-0.2, 0) is 0 Å². The number of aromatic carboxylic acids is 1. The second kappa shape index (κ2) is 5.66. The molecule has 6 heteroatoms. The molecule has 0 atom stereocenters. The van der Waals surface area contributed by atoms with Gasteiger partial charge in [0.05, 0.1) is 6.33 Å². The minimum absolute atomic E-state index is 0.0354. The molecule has 0 aromatic carbocycles. The molecule has 0 spiro atoms. The lowest BCUT2D eigenvalue weighted by Crippen LogP contribution is -2.35. The fourth-order valence-corrected chi connectivity index (χ4v) is 2.31. The van der Waals surface area contributed by atoms with Crippen LogP contribution in [0.2, 0.25) is 0 Å². The van der Waals surface area contributed by atoms with E-state index in [0.29, 0.717) is 0 Å². The van der Waals surface area contributed by atoms with Crippen LogP contribution in [0, 0.1) is 0 Å². The number of aromatic amines is 1. The lowest BCUT2D eigenvalue weighted by atomic mass is 10.1. The van der Waals surface area contributed by atoms with Crippen LogP contribution in [0.5, 0.6) is 0 Å². The molecular formula is C12H17N3O3. The number of aromatic nitrogens is 2. The van der Waals surface area contributed by atoms with Gasteiger partial charge in [-0.1, -0.05) is 25.7 Å². The van der Waals surface area contributed by atoms with E-state index in [1.165, 1.54) is 19.2 Å². The molecule has 18 heavy (non-hydrogen) atoms. The van der Waals surface area contributed by atoms with Gasteiger partial charge in [-0.05, 0) is 12.8 Å². The Labute approximate surface area is 105 Å². The highest BCUT2D eigenvalue weighted by Crippen LogP contribution is 2.17. The molecule has 1 amide bonds. The highest BCUT2D eigenvalue weighted by Gasteiger charge is 2.22. The molecule has 1 aliphatic carbocycles. The lowest BCUT2D eigenvalue weighted by Gasteiger charge is -2.15. The van der Waals surface area contributed by atoms with Crippen molar-refractivity contribution in [3.8, 4) is 0 Å². The normalized spacial score (nSPS) is 17.1. The lowest BCUT2D eigenvalue weighted by molar-refractivity contribution is 0.0684. The fraction of sp³-hybridized carbons (Fsp3) is 0.583. The van der Waals surface area contributed by atoms with Gasteiger partial charge in [0.2, 0.25) is 0 Å². The standard InChI is InChI=1S/C12H17N3O3/c16-11(9-10(12(17)18)14-7-13-9)15-8-5-3-1-2-4-6-8/h7-8H,1-6H2,(H,13,14)(H,15,16)(H,17,18). The summed E-state index contributed by atoms with van der Waals surface area (Å²) in [4.78, 5) is 29.1. The molecule has 98 valence electrons. The Morgan fingerprint density at radius 2 is 1.94 bits per heavy atom. The summed E-state index contributed by atoms with van der Waals surface area (Å²) in [5.41, 5.74) is -0.187. The van der Waals surface area contributed by atoms with E-state index < -0.39 is 11.9 Å². The van der Waals surface area contributed by atoms with Crippen molar-refractivity contribution in [2.75, 3.05) is 0 Å². The summed E-state index contributed by atoms with van der Waals surface area (Å²) < 4.78 is 0. The number of carboxylic acid groups (broad SMARTS) is 1. The summed E-state index contributed by atoms with van der Waals surface area (Å²) in [5, 5.41) is 11.8. The van der Waals surface area contributed by atoms with Gasteiger partial charge >= 0.3 is 5.97 Å². The van der Waals surface area contributed by atoms with Crippen molar-refractivity contribution in [3.63, 3.8) is 0 Å². The van der Waals surface area contributed by atoms with E-state index >= 15 is 0 Å². The molecule has 0 unspecified atom stereocenters. The largest absolute Gasteiger partial charge is 0.477 e. The fourth-order valence-electron chi connectivity index (χ4n) is 2.31. The monoisotopic (exact) mass is 251 g/mol. The molecule has 2 rings (SSSR count). The average molecular weight is 251 g/mol. The molecule has 0 radical (unpaired) electrons. The highest BCUT2D eigenvalue weighted by atomic mass is 16.4. The quantitative estimate of drug-likeness (QED) is 0.710. The van der Waals surface area contributed by atoms with Crippen LogP contribution >= 0.6 is 0 Å². The number of imidazole rings is 1. The third kappa shape index (κ3) is 2.88. The molecule has 1 aromatic heterocycles. The minimum atomic E-state index is -1.17. The SMILES string of the molecule is O=C(NC1CCCCCC1)c1nc[nH]c1C(=O)O. The van der Waals surface area contributed by atoms with Crippen molar-refractivity contribution in [1.82, 2.24) is 15.3 Å². The maximum absolute atomic E-state index is 12.0. The first kappa shape index (κ1) is 12.6. The van der Waals surface area contributed by atoms with E-state index in [1.54, 1.807) is 0 Å². The van der Waals surface area contributed by atoms with Crippen molar-refractivity contribution in [2.24, 2.45) is 0 Å². The Morgan fingerprint density at radius 1 is 1.28 bits per heavy atom. The van der Waals surface area contributed by atoms with E-state index in [0.717, 1.165) is 25.7 Å². The Hall–Kier alpha value is -1.85. The first-order valence-corrected chi connectivity index (χ1v) is 6.26. The van der Waals surface area contributed by atoms with Gasteiger partial charge in [0.25, 0.3) is 5.91 Å². The van der Waals surface area contributed by atoms with Crippen LogP contribution in [0.4, 0.5) is 0 Å². The first-order valence-electron chi connectivity index (χ1n) is 6.26.